The molecule has 4 fully saturated rings. The average Bonchev–Trinajstić information content (AvgIpc) is 3.15. The zero-order chi connectivity index (χ0) is 24.7. The standard InChI is InChI=1S/C29H52N2O3/c1-19(7-10-27(33)34-6)22-8-9-23-21-18-26(32)25-17-20(30-15-16-31(4)5)11-13-29(25,3)24(21)12-14-28(22,23)2/h19-26,30,32H,7-18H2,1-6H3/t19-,20?,21?,22-,23?,24?,25+,26+,28-,29-/m1/s1. The van der Waals surface area contributed by atoms with Gasteiger partial charge in [-0.3, -0.25) is 4.79 Å². The van der Waals surface area contributed by atoms with Crippen LogP contribution in [0.15, 0.2) is 0 Å². The fourth-order valence-electron chi connectivity index (χ4n) is 9.60. The van der Waals surface area contributed by atoms with Crippen LogP contribution in [0.1, 0.15) is 85.0 Å². The van der Waals surface area contributed by atoms with Crippen LogP contribution in [0.2, 0.25) is 0 Å². The van der Waals surface area contributed by atoms with Gasteiger partial charge in [-0.1, -0.05) is 20.8 Å². The molecule has 0 aromatic rings. The molecule has 0 spiro atoms. The number of carbonyl (C=O) groups excluding carboxylic acids is 1. The largest absolute Gasteiger partial charge is 0.469 e. The molecule has 4 aliphatic carbocycles. The second kappa shape index (κ2) is 10.4. The summed E-state index contributed by atoms with van der Waals surface area (Å²) < 4.78 is 4.91. The zero-order valence-electron chi connectivity index (χ0n) is 22.8. The number of esters is 1. The third kappa shape index (κ3) is 4.83. The van der Waals surface area contributed by atoms with Crippen molar-refractivity contribution in [3.05, 3.63) is 0 Å². The van der Waals surface area contributed by atoms with E-state index in [9.17, 15) is 9.90 Å². The van der Waals surface area contributed by atoms with Crippen molar-refractivity contribution in [2.75, 3.05) is 34.3 Å². The van der Waals surface area contributed by atoms with Gasteiger partial charge in [0.15, 0.2) is 0 Å². The van der Waals surface area contributed by atoms with E-state index in [1.165, 1.54) is 45.6 Å². The number of carbonyl (C=O) groups is 1. The van der Waals surface area contributed by atoms with Gasteiger partial charge >= 0.3 is 5.97 Å². The summed E-state index contributed by atoms with van der Waals surface area (Å²) in [6.45, 7) is 9.59. The molecule has 0 saturated heterocycles. The number of methoxy groups -OCH3 is 1. The molecule has 5 heteroatoms. The van der Waals surface area contributed by atoms with Crippen molar-refractivity contribution >= 4 is 5.97 Å². The van der Waals surface area contributed by atoms with Gasteiger partial charge in [0.05, 0.1) is 13.2 Å². The molecule has 196 valence electrons. The Kier molecular flexibility index (Phi) is 8.06. The predicted molar refractivity (Wildman–Crippen MR) is 137 cm³/mol. The molecule has 0 aliphatic heterocycles. The maximum absolute atomic E-state index is 11.7. The number of aliphatic hydroxyl groups excluding tert-OH is 1. The number of nitrogens with one attached hydrogen (secondary N) is 1. The van der Waals surface area contributed by atoms with E-state index < -0.39 is 0 Å². The van der Waals surface area contributed by atoms with Crippen molar-refractivity contribution in [3.8, 4) is 0 Å². The average molecular weight is 477 g/mol. The van der Waals surface area contributed by atoms with Crippen LogP contribution in [0.5, 0.6) is 0 Å². The molecule has 0 bridgehead atoms. The van der Waals surface area contributed by atoms with Gasteiger partial charge in [-0.25, -0.2) is 0 Å². The third-order valence-electron chi connectivity index (χ3n) is 11.5. The number of ether oxygens (including phenoxy) is 1. The highest BCUT2D eigenvalue weighted by molar-refractivity contribution is 5.69. The van der Waals surface area contributed by atoms with Crippen LogP contribution >= 0.6 is 0 Å². The topological polar surface area (TPSA) is 61.8 Å². The Balaban J connectivity index is 1.43. The first-order valence-electron chi connectivity index (χ1n) is 14.2. The molecule has 0 aromatic heterocycles. The highest BCUT2D eigenvalue weighted by Crippen LogP contribution is 2.68. The van der Waals surface area contributed by atoms with Gasteiger partial charge in [-0.05, 0) is 118 Å². The van der Waals surface area contributed by atoms with Crippen molar-refractivity contribution in [1.82, 2.24) is 10.2 Å². The predicted octanol–water partition coefficient (Wildman–Crippen LogP) is 4.73. The van der Waals surface area contributed by atoms with E-state index in [4.69, 9.17) is 4.74 Å². The Morgan fingerprint density at radius 3 is 2.47 bits per heavy atom. The first kappa shape index (κ1) is 26.4. The number of hydrogen-bond acceptors (Lipinski definition) is 5. The Morgan fingerprint density at radius 1 is 1.06 bits per heavy atom. The molecular formula is C29H52N2O3. The summed E-state index contributed by atoms with van der Waals surface area (Å²) >= 11 is 0. The fourth-order valence-corrected chi connectivity index (χ4v) is 9.60. The number of likely N-dealkylation sites (N-methyl/N-ethyl adjacent to an activating group) is 1. The number of fused-ring (bicyclic) bond motifs is 5. The molecule has 34 heavy (non-hydrogen) atoms. The normalized spacial score (nSPS) is 44.8. The lowest BCUT2D eigenvalue weighted by molar-refractivity contribution is -0.162. The summed E-state index contributed by atoms with van der Waals surface area (Å²) in [5.41, 5.74) is 0.655. The first-order chi connectivity index (χ1) is 16.1. The lowest BCUT2D eigenvalue weighted by Crippen LogP contribution is -2.59. The minimum atomic E-state index is -0.150. The quantitative estimate of drug-likeness (QED) is 0.496. The second-order valence-electron chi connectivity index (χ2n) is 13.3. The number of nitrogens with zero attached hydrogens (tertiary/aromatic N) is 1. The molecule has 2 N–H and O–H groups in total. The number of aliphatic hydroxyl groups is 1. The van der Waals surface area contributed by atoms with Crippen LogP contribution < -0.4 is 5.32 Å². The summed E-state index contributed by atoms with van der Waals surface area (Å²) in [7, 11) is 5.76. The monoisotopic (exact) mass is 476 g/mol. The van der Waals surface area contributed by atoms with Crippen LogP contribution in [0.3, 0.4) is 0 Å². The minimum Gasteiger partial charge on any atom is -0.469 e. The van der Waals surface area contributed by atoms with Crippen LogP contribution in [0.25, 0.3) is 0 Å². The maximum Gasteiger partial charge on any atom is 0.305 e. The molecule has 0 aromatic carbocycles. The van der Waals surface area contributed by atoms with Gasteiger partial charge in [-0.15, -0.1) is 0 Å². The summed E-state index contributed by atoms with van der Waals surface area (Å²) in [5.74, 6) is 3.81. The molecule has 0 amide bonds. The third-order valence-corrected chi connectivity index (χ3v) is 11.5. The maximum atomic E-state index is 11.7. The van der Waals surface area contributed by atoms with Crippen molar-refractivity contribution in [1.29, 1.82) is 0 Å². The zero-order valence-corrected chi connectivity index (χ0v) is 22.8. The van der Waals surface area contributed by atoms with Crippen molar-refractivity contribution < 1.29 is 14.6 Å². The molecule has 4 rings (SSSR count). The summed E-state index contributed by atoms with van der Waals surface area (Å²) in [6, 6.07) is 0.560. The van der Waals surface area contributed by atoms with E-state index in [0.29, 0.717) is 41.5 Å². The molecule has 5 nitrogen and oxygen atoms in total. The summed E-state index contributed by atoms with van der Waals surface area (Å²) in [6.07, 6.45) is 11.3. The number of hydrogen-bond donors (Lipinski definition) is 2. The van der Waals surface area contributed by atoms with Crippen LogP contribution in [0.4, 0.5) is 0 Å². The number of rotatable bonds is 8. The molecular weight excluding hydrogens is 424 g/mol. The SMILES string of the molecule is COC(=O)CC[C@@H](C)[C@H]1CCC2C3C[C@H](O)[C@@H]4CC(NCCN(C)C)CC[C@]4(C)C3CC[C@@]21C. The first-order valence-corrected chi connectivity index (χ1v) is 14.2. The highest BCUT2D eigenvalue weighted by Gasteiger charge is 2.62. The highest BCUT2D eigenvalue weighted by atomic mass is 16.5. The van der Waals surface area contributed by atoms with Crippen LogP contribution in [0, 0.1) is 46.3 Å². The van der Waals surface area contributed by atoms with E-state index in [2.05, 4.69) is 45.1 Å². The smallest absolute Gasteiger partial charge is 0.305 e. The van der Waals surface area contributed by atoms with Crippen molar-refractivity contribution in [2.24, 2.45) is 46.3 Å². The van der Waals surface area contributed by atoms with Gasteiger partial charge in [-0.2, -0.15) is 0 Å². The van der Waals surface area contributed by atoms with Gasteiger partial charge in [0, 0.05) is 25.6 Å². The Bertz CT molecular complexity index is 713. The molecule has 4 saturated carbocycles. The molecule has 0 heterocycles. The van der Waals surface area contributed by atoms with Gasteiger partial charge in [0.2, 0.25) is 0 Å². The minimum absolute atomic E-state index is 0.0727. The molecule has 10 atom stereocenters. The van der Waals surface area contributed by atoms with E-state index >= 15 is 0 Å². The molecule has 0 radical (unpaired) electrons. The van der Waals surface area contributed by atoms with Gasteiger partial charge < -0.3 is 20.1 Å². The summed E-state index contributed by atoms with van der Waals surface area (Å²) in [4.78, 5) is 14.0. The Hall–Kier alpha value is -0.650. The summed E-state index contributed by atoms with van der Waals surface area (Å²) in [5, 5.41) is 15.3. The van der Waals surface area contributed by atoms with E-state index in [-0.39, 0.29) is 17.5 Å². The van der Waals surface area contributed by atoms with Gasteiger partial charge in [0.1, 0.15) is 0 Å². The molecule has 4 aliphatic rings. The van der Waals surface area contributed by atoms with Crippen molar-refractivity contribution in [2.45, 2.75) is 97.1 Å². The van der Waals surface area contributed by atoms with Gasteiger partial charge in [0.25, 0.3) is 0 Å². The lowest BCUT2D eigenvalue weighted by Gasteiger charge is -2.62. The Labute approximate surface area is 208 Å². The van der Waals surface area contributed by atoms with Crippen molar-refractivity contribution in [3.63, 3.8) is 0 Å². The van der Waals surface area contributed by atoms with Crippen LogP contribution in [-0.4, -0.2) is 62.4 Å². The van der Waals surface area contributed by atoms with Crippen LogP contribution in [-0.2, 0) is 9.53 Å². The second-order valence-corrected chi connectivity index (χ2v) is 13.3. The lowest BCUT2D eigenvalue weighted by atomic mass is 9.43. The fraction of sp³-hybridized carbons (Fsp3) is 0.966. The van der Waals surface area contributed by atoms with E-state index in [1.807, 2.05) is 0 Å². The Morgan fingerprint density at radius 2 is 1.76 bits per heavy atom. The van der Waals surface area contributed by atoms with E-state index in [0.717, 1.165) is 44.2 Å². The molecule has 4 unspecified atom stereocenters. The van der Waals surface area contributed by atoms with E-state index in [1.54, 1.807) is 0 Å².